The van der Waals surface area contributed by atoms with Gasteiger partial charge in [0.15, 0.2) is 0 Å². The number of imidazole rings is 1. The van der Waals surface area contributed by atoms with E-state index in [-0.39, 0.29) is 0 Å². The van der Waals surface area contributed by atoms with E-state index in [2.05, 4.69) is 95.1 Å². The van der Waals surface area contributed by atoms with Crippen molar-refractivity contribution in [2.75, 3.05) is 45.9 Å². The Morgan fingerprint density at radius 2 is 1.43 bits per heavy atom. The van der Waals surface area contributed by atoms with Crippen molar-refractivity contribution in [3.05, 3.63) is 95.4 Å². The fourth-order valence-electron chi connectivity index (χ4n) is 7.20. The second kappa shape index (κ2) is 16.7. The van der Waals surface area contributed by atoms with Crippen LogP contribution in [0.4, 0.5) is 0 Å². The first-order valence-electron chi connectivity index (χ1n) is 17.9. The predicted octanol–water partition coefficient (Wildman–Crippen LogP) is 9.05. The van der Waals surface area contributed by atoms with Crippen molar-refractivity contribution < 1.29 is 9.47 Å². The van der Waals surface area contributed by atoms with Crippen molar-refractivity contribution >= 4 is 11.6 Å². The van der Waals surface area contributed by atoms with E-state index in [4.69, 9.17) is 26.1 Å². The molecule has 0 N–H and O–H groups in total. The van der Waals surface area contributed by atoms with Gasteiger partial charge in [-0.15, -0.1) is 0 Å². The summed E-state index contributed by atoms with van der Waals surface area (Å²) in [7, 11) is 0. The molecule has 6 nitrogen and oxygen atoms in total. The maximum absolute atomic E-state index is 6.11. The molecular formula is C40H51ClN4O2. The first-order valence-corrected chi connectivity index (χ1v) is 18.2. The van der Waals surface area contributed by atoms with Crippen LogP contribution in [0.25, 0.3) is 16.9 Å². The third-order valence-corrected chi connectivity index (χ3v) is 10.3. The monoisotopic (exact) mass is 654 g/mol. The molecule has 7 heteroatoms. The minimum atomic E-state index is 0.438. The van der Waals surface area contributed by atoms with Crippen LogP contribution < -0.4 is 9.47 Å². The minimum Gasteiger partial charge on any atom is -0.494 e. The summed E-state index contributed by atoms with van der Waals surface area (Å²) in [5.41, 5.74) is 4.46. The molecule has 0 radical (unpaired) electrons. The zero-order chi connectivity index (χ0) is 32.4. The first-order chi connectivity index (χ1) is 23.1. The summed E-state index contributed by atoms with van der Waals surface area (Å²) >= 11 is 6.02. The van der Waals surface area contributed by atoms with Crippen LogP contribution in [-0.2, 0) is 6.42 Å². The molecule has 0 atom stereocenters. The molecule has 47 heavy (non-hydrogen) atoms. The molecule has 2 aliphatic rings. The molecular weight excluding hydrogens is 604 g/mol. The lowest BCUT2D eigenvalue weighted by atomic mass is 9.94. The van der Waals surface area contributed by atoms with E-state index in [1.165, 1.54) is 50.2 Å². The number of ether oxygens (including phenoxy) is 2. The van der Waals surface area contributed by atoms with E-state index in [1.807, 2.05) is 12.1 Å². The molecule has 0 amide bonds. The highest BCUT2D eigenvalue weighted by Gasteiger charge is 2.30. The van der Waals surface area contributed by atoms with Crippen molar-refractivity contribution in [3.63, 3.8) is 0 Å². The van der Waals surface area contributed by atoms with E-state index < -0.39 is 0 Å². The third-order valence-electron chi connectivity index (χ3n) is 10.1. The van der Waals surface area contributed by atoms with Gasteiger partial charge in [-0.1, -0.05) is 50.4 Å². The van der Waals surface area contributed by atoms with E-state index in [0.717, 1.165) is 91.4 Å². The van der Waals surface area contributed by atoms with Crippen LogP contribution in [0, 0.1) is 0 Å². The van der Waals surface area contributed by atoms with Gasteiger partial charge in [0.2, 0.25) is 0 Å². The van der Waals surface area contributed by atoms with Crippen LogP contribution in [0.15, 0.2) is 79.0 Å². The number of likely N-dealkylation sites (tertiary alicyclic amines) is 1. The van der Waals surface area contributed by atoms with E-state index >= 15 is 0 Å². The Morgan fingerprint density at radius 3 is 2.09 bits per heavy atom. The molecule has 250 valence electrons. The Bertz CT molecular complexity index is 1500. The normalized spacial score (nSPS) is 16.3. The Hall–Kier alpha value is -3.32. The maximum atomic E-state index is 6.11. The van der Waals surface area contributed by atoms with Gasteiger partial charge >= 0.3 is 0 Å². The number of rotatable bonds is 15. The van der Waals surface area contributed by atoms with Crippen molar-refractivity contribution in [2.45, 2.75) is 77.2 Å². The lowest BCUT2D eigenvalue weighted by Crippen LogP contribution is -2.39. The highest BCUT2D eigenvalue weighted by Crippen LogP contribution is 2.35. The summed E-state index contributed by atoms with van der Waals surface area (Å²) in [6.45, 7) is 11.4. The first kappa shape index (κ1) is 33.6. The zero-order valence-corrected chi connectivity index (χ0v) is 29.0. The Kier molecular flexibility index (Phi) is 11.9. The van der Waals surface area contributed by atoms with Gasteiger partial charge in [0.05, 0.1) is 18.9 Å². The van der Waals surface area contributed by atoms with Crippen molar-refractivity contribution in [3.8, 4) is 28.4 Å². The standard InChI is InChI=1S/C40H51ClN4O2/c1-3-43(4-2)25-7-28-46-38-20-16-36(17-21-38)45-30-39(42-40(45)33-22-26-44(27-23-33)35-8-5-6-9-35)32-12-18-37(19-13-32)47-29-24-31-10-14-34(41)15-11-31/h10-21,30,33,35H,3-9,22-29H2,1-2H3. The molecule has 1 aliphatic carbocycles. The molecule has 1 aliphatic heterocycles. The van der Waals surface area contributed by atoms with Gasteiger partial charge < -0.3 is 23.8 Å². The van der Waals surface area contributed by atoms with Crippen LogP contribution >= 0.6 is 11.6 Å². The smallest absolute Gasteiger partial charge is 0.119 e. The molecule has 0 bridgehead atoms. The van der Waals surface area contributed by atoms with Crippen LogP contribution in [0.3, 0.4) is 0 Å². The molecule has 0 unspecified atom stereocenters. The van der Waals surface area contributed by atoms with Crippen molar-refractivity contribution in [1.82, 2.24) is 19.4 Å². The minimum absolute atomic E-state index is 0.438. The zero-order valence-electron chi connectivity index (χ0n) is 28.3. The van der Waals surface area contributed by atoms with Gasteiger partial charge in [0, 0.05) is 47.4 Å². The van der Waals surface area contributed by atoms with Crippen LogP contribution in [0.2, 0.25) is 5.02 Å². The molecule has 1 saturated carbocycles. The number of hydrogen-bond donors (Lipinski definition) is 0. The average molecular weight is 655 g/mol. The van der Waals surface area contributed by atoms with E-state index in [9.17, 15) is 0 Å². The average Bonchev–Trinajstić information content (AvgIpc) is 3.82. The Balaban J connectivity index is 1.14. The summed E-state index contributed by atoms with van der Waals surface area (Å²) in [6, 6.07) is 25.7. The highest BCUT2D eigenvalue weighted by atomic mass is 35.5. The quantitative estimate of drug-likeness (QED) is 0.120. The number of nitrogens with zero attached hydrogens (tertiary/aromatic N) is 4. The van der Waals surface area contributed by atoms with Gasteiger partial charge in [0.25, 0.3) is 0 Å². The maximum Gasteiger partial charge on any atom is 0.119 e. The highest BCUT2D eigenvalue weighted by molar-refractivity contribution is 6.30. The van der Waals surface area contributed by atoms with E-state index in [1.54, 1.807) is 0 Å². The van der Waals surface area contributed by atoms with Crippen LogP contribution in [-0.4, -0.2) is 71.3 Å². The lowest BCUT2D eigenvalue weighted by Gasteiger charge is -2.35. The van der Waals surface area contributed by atoms with Gasteiger partial charge in [-0.2, -0.15) is 0 Å². The van der Waals surface area contributed by atoms with Crippen LogP contribution in [0.5, 0.6) is 11.5 Å². The predicted molar refractivity (Wildman–Crippen MR) is 193 cm³/mol. The fraction of sp³-hybridized carbons (Fsp3) is 0.475. The van der Waals surface area contributed by atoms with Gasteiger partial charge in [-0.05, 0) is 125 Å². The summed E-state index contributed by atoms with van der Waals surface area (Å²) in [5, 5.41) is 0.758. The Morgan fingerprint density at radius 1 is 0.787 bits per heavy atom. The molecule has 0 spiro atoms. The number of benzene rings is 3. The molecule has 2 heterocycles. The number of aromatic nitrogens is 2. The number of hydrogen-bond acceptors (Lipinski definition) is 5. The van der Waals surface area contributed by atoms with Crippen molar-refractivity contribution in [2.24, 2.45) is 0 Å². The molecule has 3 aromatic carbocycles. The topological polar surface area (TPSA) is 42.8 Å². The second-order valence-corrected chi connectivity index (χ2v) is 13.5. The molecule has 1 saturated heterocycles. The summed E-state index contributed by atoms with van der Waals surface area (Å²) in [4.78, 5) is 10.5. The largest absolute Gasteiger partial charge is 0.494 e. The number of piperidine rings is 1. The van der Waals surface area contributed by atoms with Gasteiger partial charge in [0.1, 0.15) is 17.3 Å². The Labute approximate surface area is 286 Å². The second-order valence-electron chi connectivity index (χ2n) is 13.1. The molecule has 1 aromatic heterocycles. The van der Waals surface area contributed by atoms with Gasteiger partial charge in [-0.25, -0.2) is 4.98 Å². The SMILES string of the molecule is CCN(CC)CCCOc1ccc(-n2cc(-c3ccc(OCCc4ccc(Cl)cc4)cc3)nc2C2CCN(C3CCCC3)CC2)cc1. The van der Waals surface area contributed by atoms with Crippen LogP contribution in [0.1, 0.15) is 76.1 Å². The summed E-state index contributed by atoms with van der Waals surface area (Å²) in [5.74, 6) is 3.40. The van der Waals surface area contributed by atoms with Gasteiger partial charge in [-0.3, -0.25) is 0 Å². The third kappa shape index (κ3) is 8.98. The molecule has 4 aromatic rings. The molecule has 6 rings (SSSR count). The number of halogens is 1. The summed E-state index contributed by atoms with van der Waals surface area (Å²) in [6.07, 6.45) is 11.9. The van der Waals surface area contributed by atoms with Crippen molar-refractivity contribution in [1.29, 1.82) is 0 Å². The molecule has 2 fully saturated rings. The lowest BCUT2D eigenvalue weighted by molar-refractivity contribution is 0.152. The van der Waals surface area contributed by atoms with E-state index in [0.29, 0.717) is 12.5 Å². The fourth-order valence-corrected chi connectivity index (χ4v) is 7.33. The summed E-state index contributed by atoms with van der Waals surface area (Å²) < 4.78 is 14.5.